The molecule has 2 heterocycles. The van der Waals surface area contributed by atoms with E-state index in [1.807, 2.05) is 23.9 Å². The number of aryl methyl sites for hydroxylation is 2. The molecule has 0 atom stereocenters. The second-order valence-corrected chi connectivity index (χ2v) is 5.95. The van der Waals surface area contributed by atoms with Crippen molar-refractivity contribution in [3.63, 3.8) is 0 Å². The van der Waals surface area contributed by atoms with Crippen molar-refractivity contribution in [2.45, 2.75) is 13.0 Å². The fraction of sp³-hybridized carbons (Fsp3) is 0.286. The largest absolute Gasteiger partial charge is 0.337 e. The monoisotopic (exact) mass is 342 g/mol. The maximum atomic E-state index is 6.14. The number of hydrogen-bond acceptors (Lipinski definition) is 2. The lowest BCUT2D eigenvalue weighted by Gasteiger charge is -2.09. The van der Waals surface area contributed by atoms with Crippen LogP contribution in [0.15, 0.2) is 24.5 Å². The summed E-state index contributed by atoms with van der Waals surface area (Å²) in [4.78, 5) is 8.97. The Labute approximate surface area is 137 Å². The maximum Gasteiger partial charge on any atom is 0.128 e. The first-order valence-corrected chi connectivity index (χ1v) is 7.75. The summed E-state index contributed by atoms with van der Waals surface area (Å²) in [6.45, 7) is 0.615. The third kappa shape index (κ3) is 2.76. The van der Waals surface area contributed by atoms with Gasteiger partial charge in [-0.1, -0.05) is 23.2 Å². The van der Waals surface area contributed by atoms with E-state index in [0.29, 0.717) is 28.9 Å². The van der Waals surface area contributed by atoms with E-state index in [9.17, 15) is 0 Å². The minimum Gasteiger partial charge on any atom is -0.337 e. The SMILES string of the molecule is Cn1ccnc1Cn1c(CCCl)nc2cc(Cl)c(Cl)cc21. The first-order valence-electron chi connectivity index (χ1n) is 6.46. The highest BCUT2D eigenvalue weighted by Crippen LogP contribution is 2.29. The molecule has 3 aromatic rings. The van der Waals surface area contributed by atoms with Gasteiger partial charge in [0.05, 0.1) is 27.6 Å². The highest BCUT2D eigenvalue weighted by Gasteiger charge is 2.14. The molecule has 0 amide bonds. The fourth-order valence-electron chi connectivity index (χ4n) is 2.31. The second-order valence-electron chi connectivity index (χ2n) is 4.76. The van der Waals surface area contributed by atoms with Crippen LogP contribution in [0.25, 0.3) is 11.0 Å². The van der Waals surface area contributed by atoms with Crippen LogP contribution in [0.2, 0.25) is 10.0 Å². The first-order chi connectivity index (χ1) is 10.1. The summed E-state index contributed by atoms with van der Waals surface area (Å²) in [7, 11) is 1.96. The van der Waals surface area contributed by atoms with Crippen molar-refractivity contribution in [2.75, 3.05) is 5.88 Å². The number of aromatic nitrogens is 4. The molecule has 0 aliphatic rings. The molecule has 3 rings (SSSR count). The molecule has 21 heavy (non-hydrogen) atoms. The number of imidazole rings is 2. The van der Waals surface area contributed by atoms with E-state index in [-0.39, 0.29) is 0 Å². The van der Waals surface area contributed by atoms with Crippen molar-refractivity contribution in [2.24, 2.45) is 7.05 Å². The van der Waals surface area contributed by atoms with Gasteiger partial charge in [-0.25, -0.2) is 9.97 Å². The number of benzene rings is 1. The van der Waals surface area contributed by atoms with Crippen LogP contribution in [0.3, 0.4) is 0 Å². The van der Waals surface area contributed by atoms with Crippen LogP contribution in [0.1, 0.15) is 11.6 Å². The van der Waals surface area contributed by atoms with Crippen LogP contribution in [-0.4, -0.2) is 25.0 Å². The minimum absolute atomic E-state index is 0.503. The summed E-state index contributed by atoms with van der Waals surface area (Å²) in [5, 5.41) is 1.02. The number of fused-ring (bicyclic) bond motifs is 1. The van der Waals surface area contributed by atoms with Gasteiger partial charge in [0.25, 0.3) is 0 Å². The Kier molecular flexibility index (Phi) is 4.11. The zero-order chi connectivity index (χ0) is 15.0. The van der Waals surface area contributed by atoms with Gasteiger partial charge < -0.3 is 9.13 Å². The zero-order valence-corrected chi connectivity index (χ0v) is 13.6. The molecule has 4 nitrogen and oxygen atoms in total. The van der Waals surface area contributed by atoms with Gasteiger partial charge in [-0.2, -0.15) is 0 Å². The molecular formula is C14H13Cl3N4. The van der Waals surface area contributed by atoms with Gasteiger partial charge in [0, 0.05) is 31.7 Å². The Balaban J connectivity index is 2.15. The average Bonchev–Trinajstić information content (AvgIpc) is 2.98. The van der Waals surface area contributed by atoms with Crippen LogP contribution in [0.5, 0.6) is 0 Å². The van der Waals surface area contributed by atoms with Crippen LogP contribution < -0.4 is 0 Å². The summed E-state index contributed by atoms with van der Waals surface area (Å²) in [6, 6.07) is 3.62. The van der Waals surface area contributed by atoms with Crippen molar-refractivity contribution < 1.29 is 0 Å². The van der Waals surface area contributed by atoms with E-state index in [4.69, 9.17) is 34.8 Å². The summed E-state index contributed by atoms with van der Waals surface area (Å²) in [6.07, 6.45) is 4.37. The van der Waals surface area contributed by atoms with E-state index in [2.05, 4.69) is 14.5 Å². The smallest absolute Gasteiger partial charge is 0.128 e. The zero-order valence-electron chi connectivity index (χ0n) is 11.4. The summed E-state index contributed by atoms with van der Waals surface area (Å²) >= 11 is 18.1. The van der Waals surface area contributed by atoms with Crippen molar-refractivity contribution >= 4 is 45.8 Å². The first kappa shape index (κ1) is 14.7. The highest BCUT2D eigenvalue weighted by molar-refractivity contribution is 6.42. The van der Waals surface area contributed by atoms with Crippen LogP contribution >= 0.6 is 34.8 Å². The van der Waals surface area contributed by atoms with Gasteiger partial charge in [0.15, 0.2) is 0 Å². The van der Waals surface area contributed by atoms with Gasteiger partial charge in [-0.05, 0) is 12.1 Å². The fourth-order valence-corrected chi connectivity index (χ4v) is 2.80. The predicted molar refractivity (Wildman–Crippen MR) is 86.5 cm³/mol. The van der Waals surface area contributed by atoms with Crippen LogP contribution in [0, 0.1) is 0 Å². The molecule has 1 aromatic carbocycles. The maximum absolute atomic E-state index is 6.14. The third-order valence-corrected chi connectivity index (χ3v) is 4.32. The van der Waals surface area contributed by atoms with Crippen molar-refractivity contribution in [3.05, 3.63) is 46.2 Å². The topological polar surface area (TPSA) is 35.6 Å². The third-order valence-electron chi connectivity index (χ3n) is 3.41. The lowest BCUT2D eigenvalue weighted by Crippen LogP contribution is -2.09. The average molecular weight is 344 g/mol. The van der Waals surface area contributed by atoms with Gasteiger partial charge in [0.2, 0.25) is 0 Å². The van der Waals surface area contributed by atoms with Crippen LogP contribution in [-0.2, 0) is 20.0 Å². The molecule has 0 bridgehead atoms. The summed E-state index contributed by atoms with van der Waals surface area (Å²) in [5.41, 5.74) is 1.76. The lowest BCUT2D eigenvalue weighted by molar-refractivity contribution is 0.682. The Bertz CT molecular complexity index is 791. The van der Waals surface area contributed by atoms with E-state index in [0.717, 1.165) is 22.7 Å². The predicted octanol–water partition coefficient (Wildman–Crippen LogP) is 3.91. The Morgan fingerprint density at radius 2 is 1.90 bits per heavy atom. The van der Waals surface area contributed by atoms with E-state index in [1.54, 1.807) is 12.3 Å². The minimum atomic E-state index is 0.503. The van der Waals surface area contributed by atoms with Gasteiger partial charge in [0.1, 0.15) is 11.6 Å². The van der Waals surface area contributed by atoms with E-state index >= 15 is 0 Å². The quantitative estimate of drug-likeness (QED) is 0.673. The summed E-state index contributed by atoms with van der Waals surface area (Å²) in [5.74, 6) is 2.35. The Morgan fingerprint density at radius 3 is 2.57 bits per heavy atom. The van der Waals surface area contributed by atoms with E-state index in [1.165, 1.54) is 0 Å². The molecule has 0 aliphatic heterocycles. The lowest BCUT2D eigenvalue weighted by atomic mass is 10.3. The second kappa shape index (κ2) is 5.87. The molecule has 0 aliphatic carbocycles. The van der Waals surface area contributed by atoms with Gasteiger partial charge in [-0.3, -0.25) is 0 Å². The number of hydrogen-bond donors (Lipinski definition) is 0. The molecule has 110 valence electrons. The normalized spacial score (nSPS) is 11.4. The van der Waals surface area contributed by atoms with Crippen molar-refractivity contribution in [1.82, 2.24) is 19.1 Å². The molecule has 0 spiro atoms. The molecule has 2 aromatic heterocycles. The van der Waals surface area contributed by atoms with E-state index < -0.39 is 0 Å². The summed E-state index contributed by atoms with van der Waals surface area (Å²) < 4.78 is 4.07. The number of nitrogens with zero attached hydrogens (tertiary/aromatic N) is 4. The Morgan fingerprint density at radius 1 is 1.14 bits per heavy atom. The molecule has 0 unspecified atom stereocenters. The van der Waals surface area contributed by atoms with Crippen LogP contribution in [0.4, 0.5) is 0 Å². The molecule has 0 saturated heterocycles. The number of halogens is 3. The van der Waals surface area contributed by atoms with Crippen molar-refractivity contribution in [3.8, 4) is 0 Å². The number of rotatable bonds is 4. The molecule has 0 saturated carbocycles. The molecule has 7 heteroatoms. The van der Waals surface area contributed by atoms with Crippen molar-refractivity contribution in [1.29, 1.82) is 0 Å². The number of alkyl halides is 1. The van der Waals surface area contributed by atoms with Gasteiger partial charge >= 0.3 is 0 Å². The molecule has 0 N–H and O–H groups in total. The Hall–Kier alpha value is -1.23. The molecule has 0 fully saturated rings. The molecule has 0 radical (unpaired) electrons. The van der Waals surface area contributed by atoms with Gasteiger partial charge in [-0.15, -0.1) is 11.6 Å². The highest BCUT2D eigenvalue weighted by atomic mass is 35.5. The molecular weight excluding hydrogens is 331 g/mol. The standard InChI is InChI=1S/C14H13Cl3N4/c1-20-5-4-18-14(20)8-21-12-7-10(17)9(16)6-11(12)19-13(21)2-3-15/h4-7H,2-3,8H2,1H3.